The first-order chi connectivity index (χ1) is 14.4. The predicted molar refractivity (Wildman–Crippen MR) is 123 cm³/mol. The van der Waals surface area contributed by atoms with E-state index in [9.17, 15) is 0 Å². The summed E-state index contributed by atoms with van der Waals surface area (Å²) < 4.78 is 0. The molecule has 2 aliphatic carbocycles. The maximum atomic E-state index is 4.06. The van der Waals surface area contributed by atoms with Crippen LogP contribution in [0.3, 0.4) is 0 Å². The van der Waals surface area contributed by atoms with E-state index in [1.165, 1.54) is 33.4 Å². The zero-order valence-corrected chi connectivity index (χ0v) is 16.7. The fraction of sp³-hybridized carbons (Fsp3) is 0.172. The lowest BCUT2D eigenvalue weighted by molar-refractivity contribution is 0.413. The third kappa shape index (κ3) is 2.75. The highest BCUT2D eigenvalue weighted by Gasteiger charge is 2.48. The smallest absolute Gasteiger partial charge is 0.0280 e. The molecule has 2 aliphatic rings. The summed E-state index contributed by atoms with van der Waals surface area (Å²) >= 11 is 0. The van der Waals surface area contributed by atoms with Crippen molar-refractivity contribution in [1.82, 2.24) is 0 Å². The molecule has 0 saturated heterocycles. The number of rotatable bonds is 6. The largest absolute Gasteiger partial charge is 0.103 e. The average molecular weight is 375 g/mol. The minimum absolute atomic E-state index is 0.0817. The van der Waals surface area contributed by atoms with E-state index in [-0.39, 0.29) is 5.41 Å². The quantitative estimate of drug-likeness (QED) is 0.390. The highest BCUT2D eigenvalue weighted by atomic mass is 14.5. The van der Waals surface area contributed by atoms with Crippen LogP contribution >= 0.6 is 0 Å². The number of fused-ring (bicyclic) bond motifs is 3. The van der Waals surface area contributed by atoms with Crippen molar-refractivity contribution in [3.8, 4) is 11.1 Å². The van der Waals surface area contributed by atoms with Gasteiger partial charge < -0.3 is 0 Å². The predicted octanol–water partition coefficient (Wildman–Crippen LogP) is 7.59. The first-order valence-corrected chi connectivity index (χ1v) is 10.6. The summed E-state index contributed by atoms with van der Waals surface area (Å²) in [6.07, 6.45) is 12.0. The summed E-state index contributed by atoms with van der Waals surface area (Å²) in [6, 6.07) is 29.1. The van der Waals surface area contributed by atoms with Crippen LogP contribution in [0.15, 0.2) is 115 Å². The van der Waals surface area contributed by atoms with E-state index < -0.39 is 0 Å². The number of allylic oxidation sites excluding steroid dienone is 5. The second-order valence-electron chi connectivity index (χ2n) is 8.10. The Morgan fingerprint density at radius 1 is 0.828 bits per heavy atom. The highest BCUT2D eigenvalue weighted by molar-refractivity contribution is 5.80. The third-order valence-electron chi connectivity index (χ3n) is 6.70. The fourth-order valence-corrected chi connectivity index (χ4v) is 5.52. The summed E-state index contributed by atoms with van der Waals surface area (Å²) in [6.45, 7) is 4.06. The fourth-order valence-electron chi connectivity index (χ4n) is 5.52. The van der Waals surface area contributed by atoms with Crippen molar-refractivity contribution in [2.45, 2.75) is 30.6 Å². The van der Waals surface area contributed by atoms with E-state index in [4.69, 9.17) is 0 Å². The number of benzene rings is 3. The van der Waals surface area contributed by atoms with Gasteiger partial charge in [-0.15, -0.1) is 6.58 Å². The first-order valence-electron chi connectivity index (χ1n) is 10.6. The Labute approximate surface area is 173 Å². The topological polar surface area (TPSA) is 0 Å². The Morgan fingerprint density at radius 3 is 2.03 bits per heavy atom. The second-order valence-corrected chi connectivity index (χ2v) is 8.10. The van der Waals surface area contributed by atoms with Gasteiger partial charge in [-0.2, -0.15) is 0 Å². The minimum atomic E-state index is -0.0817. The van der Waals surface area contributed by atoms with Crippen LogP contribution in [-0.2, 0) is 5.41 Å². The van der Waals surface area contributed by atoms with Gasteiger partial charge in [-0.3, -0.25) is 0 Å². The Bertz CT molecular complexity index is 1050. The summed E-state index contributed by atoms with van der Waals surface area (Å²) in [5.41, 5.74) is 8.53. The number of hydrogen-bond acceptors (Lipinski definition) is 0. The van der Waals surface area contributed by atoms with Crippen LogP contribution in [0.2, 0.25) is 0 Å². The Morgan fingerprint density at radius 2 is 1.45 bits per heavy atom. The zero-order chi connectivity index (χ0) is 19.7. The average Bonchev–Trinajstić information content (AvgIpc) is 3.43. The van der Waals surface area contributed by atoms with Gasteiger partial charge in [0.05, 0.1) is 0 Å². The molecule has 0 aromatic heterocycles. The molecule has 0 radical (unpaired) electrons. The van der Waals surface area contributed by atoms with Crippen LogP contribution in [0.5, 0.6) is 0 Å². The van der Waals surface area contributed by atoms with Gasteiger partial charge in [-0.05, 0) is 47.1 Å². The van der Waals surface area contributed by atoms with Crippen LogP contribution in [0.25, 0.3) is 11.1 Å². The second kappa shape index (κ2) is 7.37. The molecule has 0 spiro atoms. The zero-order valence-electron chi connectivity index (χ0n) is 16.7. The van der Waals surface area contributed by atoms with Gasteiger partial charge in [-0.25, -0.2) is 0 Å². The maximum absolute atomic E-state index is 4.06. The van der Waals surface area contributed by atoms with Crippen molar-refractivity contribution in [3.63, 3.8) is 0 Å². The summed E-state index contributed by atoms with van der Waals surface area (Å²) in [5, 5.41) is 0. The molecule has 29 heavy (non-hydrogen) atoms. The highest BCUT2D eigenvalue weighted by Crippen LogP contribution is 2.59. The van der Waals surface area contributed by atoms with Gasteiger partial charge in [0.2, 0.25) is 0 Å². The van der Waals surface area contributed by atoms with E-state index in [1.807, 2.05) is 0 Å². The normalized spacial score (nSPS) is 16.8. The summed E-state index contributed by atoms with van der Waals surface area (Å²) in [5.74, 6) is 0.309. The minimum Gasteiger partial charge on any atom is -0.103 e. The van der Waals surface area contributed by atoms with Crippen LogP contribution in [0, 0.1) is 0 Å². The van der Waals surface area contributed by atoms with Gasteiger partial charge in [0.15, 0.2) is 0 Å². The SMILES string of the molecule is C=CCCC(C1=CC=CC1)(c1ccccc1)C1c2ccccc2-c2ccccc21. The molecule has 0 heterocycles. The van der Waals surface area contributed by atoms with Gasteiger partial charge in [0.1, 0.15) is 0 Å². The molecule has 0 saturated carbocycles. The lowest BCUT2D eigenvalue weighted by atomic mass is 9.60. The molecule has 1 unspecified atom stereocenters. The molecule has 1 atom stereocenters. The van der Waals surface area contributed by atoms with Gasteiger partial charge in [0.25, 0.3) is 0 Å². The van der Waals surface area contributed by atoms with Crippen LogP contribution in [-0.4, -0.2) is 0 Å². The Balaban J connectivity index is 1.83. The van der Waals surface area contributed by atoms with Crippen molar-refractivity contribution in [2.75, 3.05) is 0 Å². The summed E-state index contributed by atoms with van der Waals surface area (Å²) in [4.78, 5) is 0. The van der Waals surface area contributed by atoms with Crippen molar-refractivity contribution in [3.05, 3.63) is 132 Å². The van der Waals surface area contributed by atoms with Crippen LogP contribution in [0.1, 0.15) is 41.9 Å². The Hall–Kier alpha value is -3.12. The molecule has 3 aromatic carbocycles. The monoisotopic (exact) mass is 374 g/mol. The van der Waals surface area contributed by atoms with Gasteiger partial charge in [-0.1, -0.05) is 109 Å². The Kier molecular flexibility index (Phi) is 4.56. The molecule has 0 fully saturated rings. The standard InChI is InChI=1S/C29H26/c1-2-3-21-29(23-15-7-8-16-23,22-13-5-4-6-14-22)28-26-19-11-9-17-24(26)25-18-10-12-20-27(25)28/h2,4-15,17-20,28H,1,3,16,21H2. The lowest BCUT2D eigenvalue weighted by Gasteiger charge is -2.43. The first kappa shape index (κ1) is 17.9. The third-order valence-corrected chi connectivity index (χ3v) is 6.70. The van der Waals surface area contributed by atoms with E-state index in [0.717, 1.165) is 19.3 Å². The van der Waals surface area contributed by atoms with E-state index in [2.05, 4.69) is 110 Å². The molecule has 5 rings (SSSR count). The van der Waals surface area contributed by atoms with Gasteiger partial charge >= 0.3 is 0 Å². The molecule has 0 aliphatic heterocycles. The molecule has 0 amide bonds. The van der Waals surface area contributed by atoms with Gasteiger partial charge in [0, 0.05) is 11.3 Å². The maximum Gasteiger partial charge on any atom is 0.0280 e. The molecule has 142 valence electrons. The van der Waals surface area contributed by atoms with Crippen molar-refractivity contribution < 1.29 is 0 Å². The van der Waals surface area contributed by atoms with E-state index in [0.29, 0.717) is 5.92 Å². The van der Waals surface area contributed by atoms with Crippen molar-refractivity contribution in [2.24, 2.45) is 0 Å². The molecule has 0 bridgehead atoms. The molecule has 0 heteroatoms. The van der Waals surface area contributed by atoms with Crippen LogP contribution in [0.4, 0.5) is 0 Å². The van der Waals surface area contributed by atoms with Crippen molar-refractivity contribution >= 4 is 0 Å². The van der Waals surface area contributed by atoms with E-state index >= 15 is 0 Å². The van der Waals surface area contributed by atoms with E-state index in [1.54, 1.807) is 0 Å². The number of hydrogen-bond donors (Lipinski definition) is 0. The molecule has 3 aromatic rings. The lowest BCUT2D eigenvalue weighted by Crippen LogP contribution is -2.35. The van der Waals surface area contributed by atoms with Crippen LogP contribution < -0.4 is 0 Å². The van der Waals surface area contributed by atoms with Crippen molar-refractivity contribution in [1.29, 1.82) is 0 Å². The molecular weight excluding hydrogens is 348 g/mol. The molecule has 0 nitrogen and oxygen atoms in total. The summed E-state index contributed by atoms with van der Waals surface area (Å²) in [7, 11) is 0. The molecule has 0 N–H and O–H groups in total. The molecular formula is C29H26.